The monoisotopic (exact) mass is 313 g/mol. The van der Waals surface area contributed by atoms with Crippen LogP contribution in [0.2, 0.25) is 0 Å². The summed E-state index contributed by atoms with van der Waals surface area (Å²) in [4.78, 5) is 0. The fourth-order valence-electron chi connectivity index (χ4n) is 2.12. The average Bonchev–Trinajstić information content (AvgIpc) is 3.16. The molecule has 1 heterocycles. The minimum absolute atomic E-state index is 0.0873. The van der Waals surface area contributed by atoms with Gasteiger partial charge in [0.2, 0.25) is 0 Å². The summed E-state index contributed by atoms with van der Waals surface area (Å²) in [5, 5.41) is 9.12. The highest BCUT2D eigenvalue weighted by atomic mass is 79.9. The predicted octanol–water partition coefficient (Wildman–Crippen LogP) is 1.99. The van der Waals surface area contributed by atoms with Crippen molar-refractivity contribution >= 4 is 15.9 Å². The van der Waals surface area contributed by atoms with Crippen LogP contribution in [0.3, 0.4) is 0 Å². The molecule has 1 aromatic carbocycles. The van der Waals surface area contributed by atoms with Gasteiger partial charge in [-0.3, -0.25) is 0 Å². The van der Waals surface area contributed by atoms with E-state index in [2.05, 4.69) is 15.9 Å². The number of nitrogens with two attached hydrogens (primary N) is 1. The van der Waals surface area contributed by atoms with E-state index in [9.17, 15) is 0 Å². The Morgan fingerprint density at radius 1 is 1.33 bits per heavy atom. The highest BCUT2D eigenvalue weighted by Crippen LogP contribution is 2.50. The van der Waals surface area contributed by atoms with Crippen molar-refractivity contribution in [2.45, 2.75) is 18.9 Å². The van der Waals surface area contributed by atoms with E-state index in [0.717, 1.165) is 15.8 Å². The maximum atomic E-state index is 9.12. The second-order valence-corrected chi connectivity index (χ2v) is 6.05. The molecule has 1 aliphatic heterocycles. The third kappa shape index (κ3) is 2.11. The summed E-state index contributed by atoms with van der Waals surface area (Å²) < 4.78 is 12.5. The van der Waals surface area contributed by atoms with Gasteiger partial charge in [-0.25, -0.2) is 0 Å². The van der Waals surface area contributed by atoms with Crippen LogP contribution in [0, 0.1) is 5.41 Å². The SMILES string of the molecule is NC(CO)c1cc(Br)c2c(c1)OCC1(CC1)CO2. The molecule has 1 fully saturated rings. The van der Waals surface area contributed by atoms with Crippen LogP contribution in [0.4, 0.5) is 0 Å². The van der Waals surface area contributed by atoms with Gasteiger partial charge in [-0.1, -0.05) is 0 Å². The van der Waals surface area contributed by atoms with E-state index < -0.39 is 6.04 Å². The second kappa shape index (κ2) is 4.40. The lowest BCUT2D eigenvalue weighted by Crippen LogP contribution is -2.17. The number of rotatable bonds is 2. The zero-order valence-corrected chi connectivity index (χ0v) is 11.6. The number of ether oxygens (including phenoxy) is 2. The van der Waals surface area contributed by atoms with Gasteiger partial charge in [0.05, 0.1) is 30.3 Å². The number of hydrogen-bond donors (Lipinski definition) is 2. The first-order valence-corrected chi connectivity index (χ1v) is 6.88. The van der Waals surface area contributed by atoms with Crippen LogP contribution in [0.25, 0.3) is 0 Å². The van der Waals surface area contributed by atoms with Crippen molar-refractivity contribution in [3.05, 3.63) is 22.2 Å². The molecule has 18 heavy (non-hydrogen) atoms. The summed E-state index contributed by atoms with van der Waals surface area (Å²) >= 11 is 3.48. The molecule has 0 bridgehead atoms. The second-order valence-electron chi connectivity index (χ2n) is 5.20. The van der Waals surface area contributed by atoms with Crippen LogP contribution in [-0.2, 0) is 0 Å². The van der Waals surface area contributed by atoms with Crippen molar-refractivity contribution in [3.63, 3.8) is 0 Å². The van der Waals surface area contributed by atoms with Gasteiger partial charge in [-0.2, -0.15) is 0 Å². The Kier molecular flexibility index (Phi) is 3.00. The lowest BCUT2D eigenvalue weighted by atomic mass is 10.1. The van der Waals surface area contributed by atoms with Gasteiger partial charge in [0.25, 0.3) is 0 Å². The lowest BCUT2D eigenvalue weighted by Gasteiger charge is -2.14. The first kappa shape index (κ1) is 12.3. The van der Waals surface area contributed by atoms with Crippen molar-refractivity contribution in [1.82, 2.24) is 0 Å². The minimum atomic E-state index is -0.395. The summed E-state index contributed by atoms with van der Waals surface area (Å²) in [5.74, 6) is 1.46. The summed E-state index contributed by atoms with van der Waals surface area (Å²) in [6.45, 7) is 1.32. The third-order valence-corrected chi connectivity index (χ3v) is 4.26. The van der Waals surface area contributed by atoms with E-state index in [1.54, 1.807) is 0 Å². The van der Waals surface area contributed by atoms with Gasteiger partial charge in [0.15, 0.2) is 11.5 Å². The summed E-state index contributed by atoms with van der Waals surface area (Å²) in [6.07, 6.45) is 2.34. The standard InChI is InChI=1S/C13H16BrNO3/c14-9-3-8(10(15)5-16)4-11-12(9)18-7-13(1-2-13)6-17-11/h3-4,10,16H,1-2,5-7,15H2. The molecule has 0 saturated heterocycles. The quantitative estimate of drug-likeness (QED) is 0.876. The van der Waals surface area contributed by atoms with E-state index in [4.69, 9.17) is 20.3 Å². The predicted molar refractivity (Wildman–Crippen MR) is 70.8 cm³/mol. The molecule has 3 N–H and O–H groups in total. The molecule has 1 saturated carbocycles. The molecule has 1 atom stereocenters. The van der Waals surface area contributed by atoms with Crippen molar-refractivity contribution in [2.75, 3.05) is 19.8 Å². The van der Waals surface area contributed by atoms with Gasteiger partial charge in [-0.05, 0) is 46.5 Å². The zero-order valence-electron chi connectivity index (χ0n) is 9.99. The summed E-state index contributed by atoms with van der Waals surface area (Å²) in [5.41, 5.74) is 6.90. The molecule has 1 aromatic rings. The summed E-state index contributed by atoms with van der Waals surface area (Å²) in [7, 11) is 0. The maximum absolute atomic E-state index is 9.12. The van der Waals surface area contributed by atoms with E-state index in [1.807, 2.05) is 12.1 Å². The highest BCUT2D eigenvalue weighted by molar-refractivity contribution is 9.10. The average molecular weight is 314 g/mol. The molecule has 1 unspecified atom stereocenters. The fraction of sp³-hybridized carbons (Fsp3) is 0.538. The molecule has 98 valence electrons. The molecular weight excluding hydrogens is 298 g/mol. The number of aliphatic hydroxyl groups excluding tert-OH is 1. The first-order chi connectivity index (χ1) is 8.63. The lowest BCUT2D eigenvalue weighted by molar-refractivity contribution is 0.196. The number of fused-ring (bicyclic) bond motifs is 1. The molecule has 0 aromatic heterocycles. The maximum Gasteiger partial charge on any atom is 0.175 e. The smallest absolute Gasteiger partial charge is 0.175 e. The van der Waals surface area contributed by atoms with Crippen LogP contribution in [-0.4, -0.2) is 24.9 Å². The van der Waals surface area contributed by atoms with Gasteiger partial charge in [-0.15, -0.1) is 0 Å². The Bertz CT molecular complexity index is 474. The van der Waals surface area contributed by atoms with Crippen LogP contribution < -0.4 is 15.2 Å². The molecule has 0 amide bonds. The minimum Gasteiger partial charge on any atom is -0.489 e. The molecular formula is C13H16BrNO3. The largest absolute Gasteiger partial charge is 0.489 e. The van der Waals surface area contributed by atoms with Crippen molar-refractivity contribution in [1.29, 1.82) is 0 Å². The molecule has 1 aliphatic carbocycles. The van der Waals surface area contributed by atoms with Crippen LogP contribution in [0.5, 0.6) is 11.5 Å². The number of halogens is 1. The van der Waals surface area contributed by atoms with Crippen molar-refractivity contribution < 1.29 is 14.6 Å². The van der Waals surface area contributed by atoms with Crippen LogP contribution in [0.1, 0.15) is 24.4 Å². The van der Waals surface area contributed by atoms with Gasteiger partial charge in [0.1, 0.15) is 0 Å². The van der Waals surface area contributed by atoms with Crippen molar-refractivity contribution in [2.24, 2.45) is 11.1 Å². The van der Waals surface area contributed by atoms with Gasteiger partial charge < -0.3 is 20.3 Å². The van der Waals surface area contributed by atoms with E-state index in [0.29, 0.717) is 19.0 Å². The molecule has 5 heteroatoms. The van der Waals surface area contributed by atoms with Crippen LogP contribution >= 0.6 is 15.9 Å². The normalized spacial score (nSPS) is 21.5. The number of hydrogen-bond acceptors (Lipinski definition) is 4. The highest BCUT2D eigenvalue weighted by Gasteiger charge is 2.46. The zero-order chi connectivity index (χ0) is 12.8. The first-order valence-electron chi connectivity index (χ1n) is 6.09. The Morgan fingerprint density at radius 2 is 2.06 bits per heavy atom. The van der Waals surface area contributed by atoms with Crippen molar-refractivity contribution in [3.8, 4) is 11.5 Å². The summed E-state index contributed by atoms with van der Waals surface area (Å²) in [6, 6.07) is 3.35. The Balaban J connectivity index is 1.94. The number of benzene rings is 1. The van der Waals surface area contributed by atoms with Crippen LogP contribution in [0.15, 0.2) is 16.6 Å². The Labute approximate surface area is 114 Å². The molecule has 0 radical (unpaired) electrons. The van der Waals surface area contributed by atoms with E-state index in [1.165, 1.54) is 12.8 Å². The molecule has 1 spiro atoms. The molecule has 3 rings (SSSR count). The third-order valence-electron chi connectivity index (χ3n) is 3.67. The number of aliphatic hydroxyl groups is 1. The topological polar surface area (TPSA) is 64.7 Å². The van der Waals surface area contributed by atoms with E-state index >= 15 is 0 Å². The van der Waals surface area contributed by atoms with Gasteiger partial charge in [0, 0.05) is 5.41 Å². The van der Waals surface area contributed by atoms with Gasteiger partial charge >= 0.3 is 0 Å². The Morgan fingerprint density at radius 3 is 2.72 bits per heavy atom. The van der Waals surface area contributed by atoms with E-state index in [-0.39, 0.29) is 12.0 Å². The molecule has 4 nitrogen and oxygen atoms in total. The molecule has 2 aliphatic rings. The Hall–Kier alpha value is -0.780. The fourth-order valence-corrected chi connectivity index (χ4v) is 2.69.